The van der Waals surface area contributed by atoms with E-state index < -0.39 is 0 Å². The van der Waals surface area contributed by atoms with E-state index in [0.29, 0.717) is 23.7 Å². The van der Waals surface area contributed by atoms with Gasteiger partial charge in [-0.25, -0.2) is 4.98 Å². The van der Waals surface area contributed by atoms with Crippen LogP contribution in [0.25, 0.3) is 0 Å². The number of carbonyl (C=O) groups is 1. The first-order chi connectivity index (χ1) is 9.74. The topological polar surface area (TPSA) is 102 Å². The van der Waals surface area contributed by atoms with Crippen molar-refractivity contribution in [3.05, 3.63) is 47.9 Å². The van der Waals surface area contributed by atoms with Gasteiger partial charge in [0.2, 0.25) is 5.88 Å². The van der Waals surface area contributed by atoms with Gasteiger partial charge in [-0.3, -0.25) is 15.6 Å². The SMILES string of the molecule is COc1ccc(CNC(=O)c2cnccc2NN)cn1. The molecule has 20 heavy (non-hydrogen) atoms. The molecule has 0 aliphatic heterocycles. The van der Waals surface area contributed by atoms with Gasteiger partial charge in [0.25, 0.3) is 5.91 Å². The van der Waals surface area contributed by atoms with Gasteiger partial charge < -0.3 is 15.5 Å². The summed E-state index contributed by atoms with van der Waals surface area (Å²) in [6.45, 7) is 0.356. The Kier molecular flexibility index (Phi) is 4.46. The Morgan fingerprint density at radius 3 is 2.85 bits per heavy atom. The smallest absolute Gasteiger partial charge is 0.255 e. The highest BCUT2D eigenvalue weighted by Gasteiger charge is 2.10. The molecule has 0 saturated carbocycles. The van der Waals surface area contributed by atoms with E-state index in [9.17, 15) is 4.79 Å². The summed E-state index contributed by atoms with van der Waals surface area (Å²) in [6, 6.07) is 5.19. The molecule has 2 aromatic rings. The van der Waals surface area contributed by atoms with Gasteiger partial charge >= 0.3 is 0 Å². The third kappa shape index (κ3) is 3.21. The Morgan fingerprint density at radius 1 is 1.35 bits per heavy atom. The number of hydrogen-bond acceptors (Lipinski definition) is 6. The number of nitrogen functional groups attached to an aromatic ring is 1. The second kappa shape index (κ2) is 6.48. The van der Waals surface area contributed by atoms with Crippen LogP contribution in [0.5, 0.6) is 5.88 Å². The number of aromatic nitrogens is 2. The van der Waals surface area contributed by atoms with Gasteiger partial charge in [-0.1, -0.05) is 6.07 Å². The molecule has 1 amide bonds. The zero-order valence-electron chi connectivity index (χ0n) is 11.0. The first kappa shape index (κ1) is 13.8. The summed E-state index contributed by atoms with van der Waals surface area (Å²) in [4.78, 5) is 20.0. The zero-order chi connectivity index (χ0) is 14.4. The average molecular weight is 273 g/mol. The van der Waals surface area contributed by atoms with E-state index in [1.165, 1.54) is 6.20 Å². The summed E-state index contributed by atoms with van der Waals surface area (Å²) in [6.07, 6.45) is 4.65. The van der Waals surface area contributed by atoms with Gasteiger partial charge in [-0.2, -0.15) is 0 Å². The minimum atomic E-state index is -0.262. The molecule has 0 radical (unpaired) electrons. The molecule has 0 aliphatic carbocycles. The van der Waals surface area contributed by atoms with Crippen molar-refractivity contribution < 1.29 is 9.53 Å². The lowest BCUT2D eigenvalue weighted by molar-refractivity contribution is 0.0951. The first-order valence-corrected chi connectivity index (χ1v) is 5.92. The van der Waals surface area contributed by atoms with E-state index in [-0.39, 0.29) is 5.91 Å². The maximum absolute atomic E-state index is 12.0. The lowest BCUT2D eigenvalue weighted by Gasteiger charge is -2.09. The monoisotopic (exact) mass is 273 g/mol. The molecule has 2 heterocycles. The van der Waals surface area contributed by atoms with E-state index in [1.807, 2.05) is 6.07 Å². The Bertz CT molecular complexity index is 586. The zero-order valence-corrected chi connectivity index (χ0v) is 11.0. The van der Waals surface area contributed by atoms with Crippen LogP contribution >= 0.6 is 0 Å². The summed E-state index contributed by atoms with van der Waals surface area (Å²) in [5.74, 6) is 5.61. The second-order valence-corrected chi connectivity index (χ2v) is 3.96. The fourth-order valence-corrected chi connectivity index (χ4v) is 1.62. The number of rotatable bonds is 5. The van der Waals surface area contributed by atoms with E-state index in [2.05, 4.69) is 20.7 Å². The molecule has 0 unspecified atom stereocenters. The van der Waals surface area contributed by atoms with Crippen LogP contribution in [-0.4, -0.2) is 23.0 Å². The Hall–Kier alpha value is -2.67. The molecule has 104 valence electrons. The van der Waals surface area contributed by atoms with Crippen molar-refractivity contribution in [2.24, 2.45) is 5.84 Å². The predicted molar refractivity (Wildman–Crippen MR) is 74.0 cm³/mol. The van der Waals surface area contributed by atoms with Crippen LogP contribution in [-0.2, 0) is 6.54 Å². The summed E-state index contributed by atoms with van der Waals surface area (Å²) in [5.41, 5.74) is 4.23. The van der Waals surface area contributed by atoms with Crippen LogP contribution in [0.2, 0.25) is 0 Å². The average Bonchev–Trinajstić information content (AvgIpc) is 2.53. The van der Waals surface area contributed by atoms with E-state index in [4.69, 9.17) is 10.6 Å². The van der Waals surface area contributed by atoms with E-state index in [0.717, 1.165) is 5.56 Å². The molecule has 0 bridgehead atoms. The van der Waals surface area contributed by atoms with Crippen LogP contribution in [0.3, 0.4) is 0 Å². The summed E-state index contributed by atoms with van der Waals surface area (Å²) in [5, 5.41) is 2.77. The second-order valence-electron chi connectivity index (χ2n) is 3.96. The number of ether oxygens (including phenoxy) is 1. The predicted octanol–water partition coefficient (Wildman–Crippen LogP) is 0.701. The van der Waals surface area contributed by atoms with Crippen molar-refractivity contribution in [1.82, 2.24) is 15.3 Å². The highest BCUT2D eigenvalue weighted by atomic mass is 16.5. The van der Waals surface area contributed by atoms with Gasteiger partial charge in [0.15, 0.2) is 0 Å². The molecule has 0 atom stereocenters. The van der Waals surface area contributed by atoms with Gasteiger partial charge in [-0.15, -0.1) is 0 Å². The highest BCUT2D eigenvalue weighted by molar-refractivity contribution is 5.99. The molecule has 0 spiro atoms. The maximum atomic E-state index is 12.0. The Balaban J connectivity index is 2.01. The molecule has 2 rings (SSSR count). The first-order valence-electron chi connectivity index (χ1n) is 5.92. The highest BCUT2D eigenvalue weighted by Crippen LogP contribution is 2.12. The number of hydrogen-bond donors (Lipinski definition) is 3. The normalized spacial score (nSPS) is 9.90. The number of anilines is 1. The van der Waals surface area contributed by atoms with Crippen molar-refractivity contribution in [1.29, 1.82) is 0 Å². The number of carbonyl (C=O) groups excluding carboxylic acids is 1. The third-order valence-electron chi connectivity index (χ3n) is 2.68. The molecule has 0 fully saturated rings. The molecule has 0 saturated heterocycles. The molecule has 7 nitrogen and oxygen atoms in total. The lowest BCUT2D eigenvalue weighted by atomic mass is 10.2. The van der Waals surface area contributed by atoms with Crippen LogP contribution in [0.15, 0.2) is 36.8 Å². The standard InChI is InChI=1S/C13H15N5O2/c1-20-12-3-2-9(6-16-12)7-17-13(19)10-8-15-5-4-11(10)18-14/h2-6,8H,7,14H2,1H3,(H,15,18)(H,17,19). The fraction of sp³-hybridized carbons (Fsp3) is 0.154. The van der Waals surface area contributed by atoms with Crippen molar-refractivity contribution in [3.8, 4) is 5.88 Å². The van der Waals surface area contributed by atoms with Gasteiger partial charge in [-0.05, 0) is 11.6 Å². The molecule has 0 aromatic carbocycles. The van der Waals surface area contributed by atoms with E-state index >= 15 is 0 Å². The van der Waals surface area contributed by atoms with Gasteiger partial charge in [0, 0.05) is 31.2 Å². The Labute approximate surface area is 116 Å². The largest absolute Gasteiger partial charge is 0.481 e. The van der Waals surface area contributed by atoms with Crippen molar-refractivity contribution in [2.45, 2.75) is 6.54 Å². The minimum Gasteiger partial charge on any atom is -0.481 e. The van der Waals surface area contributed by atoms with Crippen molar-refractivity contribution in [3.63, 3.8) is 0 Å². The summed E-state index contributed by atoms with van der Waals surface area (Å²) < 4.78 is 4.97. The molecule has 0 aliphatic rings. The van der Waals surface area contributed by atoms with Crippen LogP contribution in [0, 0.1) is 0 Å². The van der Waals surface area contributed by atoms with Crippen LogP contribution < -0.4 is 21.3 Å². The number of nitrogens with two attached hydrogens (primary N) is 1. The lowest BCUT2D eigenvalue weighted by Crippen LogP contribution is -2.25. The fourth-order valence-electron chi connectivity index (χ4n) is 1.62. The molecular weight excluding hydrogens is 258 g/mol. The van der Waals surface area contributed by atoms with Gasteiger partial charge in [0.05, 0.1) is 18.4 Å². The van der Waals surface area contributed by atoms with Crippen LogP contribution in [0.4, 0.5) is 5.69 Å². The van der Waals surface area contributed by atoms with Crippen LogP contribution in [0.1, 0.15) is 15.9 Å². The molecule has 2 aromatic heterocycles. The number of hydrazine groups is 1. The van der Waals surface area contributed by atoms with E-state index in [1.54, 1.807) is 31.6 Å². The number of pyridine rings is 2. The minimum absolute atomic E-state index is 0.262. The quantitative estimate of drug-likeness (QED) is 0.547. The van der Waals surface area contributed by atoms with Crippen molar-refractivity contribution in [2.75, 3.05) is 12.5 Å². The maximum Gasteiger partial charge on any atom is 0.255 e. The Morgan fingerprint density at radius 2 is 2.20 bits per heavy atom. The molecular formula is C13H15N5O2. The van der Waals surface area contributed by atoms with Crippen molar-refractivity contribution >= 4 is 11.6 Å². The number of methoxy groups -OCH3 is 1. The summed E-state index contributed by atoms with van der Waals surface area (Å²) in [7, 11) is 1.55. The number of nitrogens with zero attached hydrogens (tertiary/aromatic N) is 2. The molecule has 4 N–H and O–H groups in total. The van der Waals surface area contributed by atoms with Gasteiger partial charge in [0.1, 0.15) is 0 Å². The summed E-state index contributed by atoms with van der Waals surface area (Å²) >= 11 is 0. The third-order valence-corrected chi connectivity index (χ3v) is 2.68. The number of nitrogens with one attached hydrogen (secondary N) is 2. The molecule has 7 heteroatoms. The number of amides is 1.